The SMILES string of the molecule is Cn1cnc(-c2ccc(C(=O)NCc3ccnc(OCC4CC4)c3)cc2)n1. The fourth-order valence-corrected chi connectivity index (χ4v) is 2.65. The van der Waals surface area contributed by atoms with Gasteiger partial charge in [0.2, 0.25) is 5.88 Å². The molecule has 1 aromatic carbocycles. The highest BCUT2D eigenvalue weighted by atomic mass is 16.5. The molecule has 0 radical (unpaired) electrons. The van der Waals surface area contributed by atoms with Crippen molar-refractivity contribution in [2.75, 3.05) is 6.61 Å². The Labute approximate surface area is 157 Å². The summed E-state index contributed by atoms with van der Waals surface area (Å²) in [5, 5.41) is 7.18. The van der Waals surface area contributed by atoms with Crippen molar-refractivity contribution in [1.29, 1.82) is 0 Å². The van der Waals surface area contributed by atoms with E-state index >= 15 is 0 Å². The number of amides is 1. The second kappa shape index (κ2) is 7.57. The van der Waals surface area contributed by atoms with E-state index in [1.165, 1.54) is 12.8 Å². The van der Waals surface area contributed by atoms with Gasteiger partial charge in [0, 0.05) is 37.0 Å². The van der Waals surface area contributed by atoms with Crippen LogP contribution in [-0.2, 0) is 13.6 Å². The second-order valence-electron chi connectivity index (χ2n) is 6.76. The van der Waals surface area contributed by atoms with Gasteiger partial charge in [-0.05, 0) is 42.5 Å². The molecule has 0 unspecified atom stereocenters. The van der Waals surface area contributed by atoms with Gasteiger partial charge in [0.25, 0.3) is 5.91 Å². The van der Waals surface area contributed by atoms with Gasteiger partial charge in [-0.2, -0.15) is 5.10 Å². The van der Waals surface area contributed by atoms with Gasteiger partial charge in [-0.25, -0.2) is 9.97 Å². The molecule has 27 heavy (non-hydrogen) atoms. The highest BCUT2D eigenvalue weighted by molar-refractivity contribution is 5.94. The quantitative estimate of drug-likeness (QED) is 0.698. The predicted octanol–water partition coefficient (Wildman–Crippen LogP) is 2.60. The molecule has 1 amide bonds. The van der Waals surface area contributed by atoms with Crippen LogP contribution in [0.5, 0.6) is 5.88 Å². The summed E-state index contributed by atoms with van der Waals surface area (Å²) < 4.78 is 7.33. The summed E-state index contributed by atoms with van der Waals surface area (Å²) in [4.78, 5) is 20.8. The van der Waals surface area contributed by atoms with Crippen molar-refractivity contribution in [3.8, 4) is 17.3 Å². The molecule has 138 valence electrons. The number of hydrogen-bond donors (Lipinski definition) is 1. The summed E-state index contributed by atoms with van der Waals surface area (Å²) in [5.41, 5.74) is 2.42. The zero-order valence-electron chi connectivity index (χ0n) is 15.1. The molecule has 7 nitrogen and oxygen atoms in total. The lowest BCUT2D eigenvalue weighted by atomic mass is 10.1. The maximum Gasteiger partial charge on any atom is 0.251 e. The van der Waals surface area contributed by atoms with Gasteiger partial charge in [-0.3, -0.25) is 9.48 Å². The number of ether oxygens (including phenoxy) is 1. The minimum absolute atomic E-state index is 0.132. The van der Waals surface area contributed by atoms with Crippen LogP contribution in [0, 0.1) is 5.92 Å². The first-order valence-corrected chi connectivity index (χ1v) is 8.99. The Morgan fingerprint density at radius 2 is 2.04 bits per heavy atom. The van der Waals surface area contributed by atoms with Crippen LogP contribution >= 0.6 is 0 Å². The van der Waals surface area contributed by atoms with Crippen LogP contribution in [0.4, 0.5) is 0 Å². The van der Waals surface area contributed by atoms with Crippen molar-refractivity contribution in [3.05, 3.63) is 60.0 Å². The Hall–Kier alpha value is -3.22. The third kappa shape index (κ3) is 4.49. The molecule has 0 saturated heterocycles. The molecule has 1 aliphatic rings. The standard InChI is InChI=1S/C20H21N5O2/c1-25-13-23-19(24-25)16-4-6-17(7-5-16)20(26)22-11-15-8-9-21-18(10-15)27-12-14-2-3-14/h4-10,13-14H,2-3,11-12H2,1H3,(H,22,26). The molecule has 1 saturated carbocycles. The zero-order valence-corrected chi connectivity index (χ0v) is 15.1. The van der Waals surface area contributed by atoms with Crippen LogP contribution in [0.1, 0.15) is 28.8 Å². The average molecular weight is 363 g/mol. The normalized spacial score (nSPS) is 13.4. The van der Waals surface area contributed by atoms with Crippen LogP contribution < -0.4 is 10.1 Å². The molecule has 7 heteroatoms. The fourth-order valence-electron chi connectivity index (χ4n) is 2.65. The Bertz CT molecular complexity index is 932. The van der Waals surface area contributed by atoms with Crippen molar-refractivity contribution >= 4 is 5.91 Å². The number of benzene rings is 1. The first-order valence-electron chi connectivity index (χ1n) is 8.99. The minimum Gasteiger partial charge on any atom is -0.477 e. The largest absolute Gasteiger partial charge is 0.477 e. The van der Waals surface area contributed by atoms with Gasteiger partial charge >= 0.3 is 0 Å². The molecule has 0 bridgehead atoms. The number of nitrogens with one attached hydrogen (secondary N) is 1. The third-order valence-electron chi connectivity index (χ3n) is 4.42. The van der Waals surface area contributed by atoms with E-state index in [0.29, 0.717) is 29.7 Å². The number of aromatic nitrogens is 4. The third-order valence-corrected chi connectivity index (χ3v) is 4.42. The summed E-state index contributed by atoms with van der Waals surface area (Å²) in [6.45, 7) is 1.14. The number of rotatable bonds is 7. The van der Waals surface area contributed by atoms with E-state index < -0.39 is 0 Å². The molecule has 0 aliphatic heterocycles. The van der Waals surface area contributed by atoms with Gasteiger partial charge in [-0.1, -0.05) is 12.1 Å². The lowest BCUT2D eigenvalue weighted by Crippen LogP contribution is -2.22. The Morgan fingerprint density at radius 3 is 2.74 bits per heavy atom. The lowest BCUT2D eigenvalue weighted by molar-refractivity contribution is 0.0951. The molecular formula is C20H21N5O2. The first kappa shape index (κ1) is 17.2. The van der Waals surface area contributed by atoms with Crippen LogP contribution in [0.15, 0.2) is 48.9 Å². The van der Waals surface area contributed by atoms with Crippen LogP contribution in [0.3, 0.4) is 0 Å². The molecule has 0 atom stereocenters. The van der Waals surface area contributed by atoms with Gasteiger partial charge < -0.3 is 10.1 Å². The Morgan fingerprint density at radius 1 is 1.22 bits per heavy atom. The van der Waals surface area contributed by atoms with Crippen molar-refractivity contribution in [2.24, 2.45) is 13.0 Å². The monoisotopic (exact) mass is 363 g/mol. The highest BCUT2D eigenvalue weighted by Gasteiger charge is 2.22. The van der Waals surface area contributed by atoms with E-state index in [9.17, 15) is 4.79 Å². The summed E-state index contributed by atoms with van der Waals surface area (Å²) in [6, 6.07) is 11.0. The minimum atomic E-state index is -0.132. The fraction of sp³-hybridized carbons (Fsp3) is 0.300. The molecule has 0 spiro atoms. The number of carbonyl (C=O) groups is 1. The second-order valence-corrected chi connectivity index (χ2v) is 6.76. The topological polar surface area (TPSA) is 81.9 Å². The van der Waals surface area contributed by atoms with Crippen LogP contribution in [-0.4, -0.2) is 32.3 Å². The van der Waals surface area contributed by atoms with E-state index in [2.05, 4.69) is 20.4 Å². The Balaban J connectivity index is 1.34. The molecule has 2 heterocycles. The summed E-state index contributed by atoms with van der Waals surface area (Å²) in [5.74, 6) is 1.80. The Kier molecular flexibility index (Phi) is 4.82. The van der Waals surface area contributed by atoms with E-state index in [4.69, 9.17) is 4.74 Å². The maximum absolute atomic E-state index is 12.4. The molecule has 4 rings (SSSR count). The molecule has 1 N–H and O–H groups in total. The van der Waals surface area contributed by atoms with Gasteiger partial charge in [0.05, 0.1) is 6.61 Å². The first-order chi connectivity index (χ1) is 13.2. The average Bonchev–Trinajstić information content (AvgIpc) is 3.44. The highest BCUT2D eigenvalue weighted by Crippen LogP contribution is 2.29. The van der Waals surface area contributed by atoms with Gasteiger partial charge in [0.15, 0.2) is 5.82 Å². The van der Waals surface area contributed by atoms with E-state index in [0.717, 1.165) is 17.7 Å². The number of aryl methyl sites for hydroxylation is 1. The molecule has 1 aliphatic carbocycles. The van der Waals surface area contributed by atoms with Crippen molar-refractivity contribution in [1.82, 2.24) is 25.1 Å². The molecular weight excluding hydrogens is 342 g/mol. The van der Waals surface area contributed by atoms with E-state index in [-0.39, 0.29) is 5.91 Å². The van der Waals surface area contributed by atoms with Crippen molar-refractivity contribution < 1.29 is 9.53 Å². The summed E-state index contributed by atoms with van der Waals surface area (Å²) >= 11 is 0. The maximum atomic E-state index is 12.4. The number of pyridine rings is 1. The van der Waals surface area contributed by atoms with E-state index in [1.807, 2.05) is 31.3 Å². The zero-order chi connectivity index (χ0) is 18.6. The van der Waals surface area contributed by atoms with Crippen LogP contribution in [0.2, 0.25) is 0 Å². The molecule has 1 fully saturated rings. The van der Waals surface area contributed by atoms with Crippen LogP contribution in [0.25, 0.3) is 11.4 Å². The molecule has 2 aromatic heterocycles. The van der Waals surface area contributed by atoms with Crippen molar-refractivity contribution in [2.45, 2.75) is 19.4 Å². The predicted molar refractivity (Wildman–Crippen MR) is 100 cm³/mol. The van der Waals surface area contributed by atoms with Gasteiger partial charge in [-0.15, -0.1) is 0 Å². The smallest absolute Gasteiger partial charge is 0.251 e. The lowest BCUT2D eigenvalue weighted by Gasteiger charge is -2.08. The van der Waals surface area contributed by atoms with Gasteiger partial charge in [0.1, 0.15) is 6.33 Å². The number of hydrogen-bond acceptors (Lipinski definition) is 5. The number of nitrogens with zero attached hydrogens (tertiary/aromatic N) is 4. The number of carbonyl (C=O) groups excluding carboxylic acids is 1. The molecule has 3 aromatic rings. The van der Waals surface area contributed by atoms with Crippen molar-refractivity contribution in [3.63, 3.8) is 0 Å². The summed E-state index contributed by atoms with van der Waals surface area (Å²) in [7, 11) is 1.82. The van der Waals surface area contributed by atoms with E-state index in [1.54, 1.807) is 29.3 Å². The summed E-state index contributed by atoms with van der Waals surface area (Å²) in [6.07, 6.45) is 5.83.